The van der Waals surface area contributed by atoms with Gasteiger partial charge in [-0.25, -0.2) is 9.97 Å². The predicted octanol–water partition coefficient (Wildman–Crippen LogP) is 2.80. The van der Waals surface area contributed by atoms with Crippen LogP contribution in [0.4, 0.5) is 11.6 Å². The van der Waals surface area contributed by atoms with Crippen molar-refractivity contribution in [2.75, 3.05) is 30.9 Å². The van der Waals surface area contributed by atoms with Crippen LogP contribution in [-0.2, 0) is 16.1 Å². The Balaban J connectivity index is 1.24. The van der Waals surface area contributed by atoms with E-state index in [2.05, 4.69) is 20.6 Å². The zero-order chi connectivity index (χ0) is 22.7. The molecule has 1 unspecified atom stereocenters. The fourth-order valence-corrected chi connectivity index (χ4v) is 5.18. The average molecular weight is 457 g/mol. The average Bonchev–Trinajstić information content (AvgIpc) is 3.39. The van der Waals surface area contributed by atoms with Gasteiger partial charge in [-0.2, -0.15) is 0 Å². The molecule has 2 aromatic rings. The Morgan fingerprint density at radius 2 is 1.97 bits per heavy atom. The number of carbonyl (C=O) groups excluding carboxylic acids is 2. The summed E-state index contributed by atoms with van der Waals surface area (Å²) in [5.74, 6) is 2.34. The summed E-state index contributed by atoms with van der Waals surface area (Å²) in [4.78, 5) is 39.0. The highest BCUT2D eigenvalue weighted by Crippen LogP contribution is 2.25. The largest absolute Gasteiger partial charge is 0.367 e. The summed E-state index contributed by atoms with van der Waals surface area (Å²) in [7, 11) is 3.94. The van der Waals surface area contributed by atoms with Crippen molar-refractivity contribution in [2.45, 2.75) is 57.7 Å². The first-order chi connectivity index (χ1) is 15.4. The monoisotopic (exact) mass is 456 g/mol. The number of nitrogens with one attached hydrogen (secondary N) is 2. The van der Waals surface area contributed by atoms with Gasteiger partial charge >= 0.3 is 0 Å². The molecule has 1 saturated carbocycles. The number of rotatable bonds is 7. The molecular weight excluding hydrogens is 424 g/mol. The topological polar surface area (TPSA) is 90.5 Å². The summed E-state index contributed by atoms with van der Waals surface area (Å²) in [6, 6.07) is 6.50. The SMILES string of the molecule is Cc1nc(NC2CCC(NC(=O)C3CC(=O)N(Cc4cccs4)C3)CC2)cc(N(C)C)n1. The van der Waals surface area contributed by atoms with Crippen molar-refractivity contribution in [1.29, 1.82) is 0 Å². The molecule has 0 bridgehead atoms. The van der Waals surface area contributed by atoms with E-state index in [0.29, 0.717) is 25.6 Å². The minimum atomic E-state index is -0.244. The Hall–Kier alpha value is -2.68. The van der Waals surface area contributed by atoms with Gasteiger partial charge in [0.25, 0.3) is 0 Å². The summed E-state index contributed by atoms with van der Waals surface area (Å²) in [5.41, 5.74) is 0. The van der Waals surface area contributed by atoms with Crippen LogP contribution in [0.25, 0.3) is 0 Å². The van der Waals surface area contributed by atoms with E-state index < -0.39 is 0 Å². The van der Waals surface area contributed by atoms with Gasteiger partial charge in [-0.1, -0.05) is 6.07 Å². The number of hydrogen-bond acceptors (Lipinski definition) is 7. The first kappa shape index (κ1) is 22.5. The summed E-state index contributed by atoms with van der Waals surface area (Å²) in [6.07, 6.45) is 4.11. The number of thiophene rings is 1. The molecule has 0 radical (unpaired) electrons. The van der Waals surface area contributed by atoms with Gasteiger partial charge in [0.15, 0.2) is 0 Å². The Labute approximate surface area is 193 Å². The van der Waals surface area contributed by atoms with Crippen molar-refractivity contribution in [3.05, 3.63) is 34.3 Å². The van der Waals surface area contributed by atoms with E-state index in [4.69, 9.17) is 0 Å². The van der Waals surface area contributed by atoms with Gasteiger partial charge in [0.05, 0.1) is 12.5 Å². The van der Waals surface area contributed by atoms with Gasteiger partial charge in [-0.15, -0.1) is 11.3 Å². The molecule has 9 heteroatoms. The molecule has 0 aromatic carbocycles. The van der Waals surface area contributed by atoms with Crippen LogP contribution >= 0.6 is 11.3 Å². The molecule has 1 aliphatic carbocycles. The highest BCUT2D eigenvalue weighted by atomic mass is 32.1. The Bertz CT molecular complexity index is 940. The molecule has 2 amide bonds. The molecule has 3 heterocycles. The third-order valence-electron chi connectivity index (χ3n) is 6.22. The van der Waals surface area contributed by atoms with Crippen molar-refractivity contribution in [2.24, 2.45) is 5.92 Å². The quantitative estimate of drug-likeness (QED) is 0.666. The zero-order valence-corrected chi connectivity index (χ0v) is 19.8. The second-order valence-electron chi connectivity index (χ2n) is 9.01. The second kappa shape index (κ2) is 9.85. The first-order valence-corrected chi connectivity index (χ1v) is 12.2. The highest BCUT2D eigenvalue weighted by Gasteiger charge is 2.35. The van der Waals surface area contributed by atoms with E-state index in [1.807, 2.05) is 54.4 Å². The molecule has 8 nitrogen and oxygen atoms in total. The smallest absolute Gasteiger partial charge is 0.225 e. The molecule has 2 aliphatic rings. The molecule has 4 rings (SSSR count). The number of likely N-dealkylation sites (tertiary alicyclic amines) is 1. The molecule has 2 aromatic heterocycles. The summed E-state index contributed by atoms with van der Waals surface area (Å²) < 4.78 is 0. The Kier molecular flexibility index (Phi) is 6.93. The fraction of sp³-hybridized carbons (Fsp3) is 0.565. The maximum Gasteiger partial charge on any atom is 0.225 e. The van der Waals surface area contributed by atoms with Crippen molar-refractivity contribution >= 4 is 34.8 Å². The van der Waals surface area contributed by atoms with E-state index in [0.717, 1.165) is 48.0 Å². The molecule has 1 atom stereocenters. The van der Waals surface area contributed by atoms with E-state index in [-0.39, 0.29) is 23.8 Å². The number of aryl methyl sites for hydroxylation is 1. The second-order valence-corrected chi connectivity index (χ2v) is 10.0. The normalized spacial score (nSPS) is 23.3. The highest BCUT2D eigenvalue weighted by molar-refractivity contribution is 7.09. The number of anilines is 2. The lowest BCUT2D eigenvalue weighted by Gasteiger charge is -2.30. The van der Waals surface area contributed by atoms with Gasteiger partial charge in [-0.3, -0.25) is 9.59 Å². The molecule has 2 fully saturated rings. The maximum absolute atomic E-state index is 12.8. The molecule has 32 heavy (non-hydrogen) atoms. The number of nitrogens with zero attached hydrogens (tertiary/aromatic N) is 4. The van der Waals surface area contributed by atoms with Crippen LogP contribution < -0.4 is 15.5 Å². The number of aromatic nitrogens is 2. The zero-order valence-electron chi connectivity index (χ0n) is 19.0. The predicted molar refractivity (Wildman–Crippen MR) is 127 cm³/mol. The first-order valence-electron chi connectivity index (χ1n) is 11.3. The third kappa shape index (κ3) is 5.56. The van der Waals surface area contributed by atoms with Crippen LogP contribution in [0.5, 0.6) is 0 Å². The lowest BCUT2D eigenvalue weighted by molar-refractivity contribution is -0.129. The van der Waals surface area contributed by atoms with E-state index >= 15 is 0 Å². The standard InChI is InChI=1S/C23H32N6O2S/c1-15-24-20(12-21(25-15)28(2)3)26-17-6-8-18(9-7-17)27-23(31)16-11-22(30)29(13-16)14-19-5-4-10-32-19/h4-5,10,12,16-18H,6-9,11,13-14H2,1-3H3,(H,27,31)(H,24,25,26). The third-order valence-corrected chi connectivity index (χ3v) is 7.08. The number of amides is 2. The summed E-state index contributed by atoms with van der Waals surface area (Å²) in [5, 5.41) is 8.75. The minimum Gasteiger partial charge on any atom is -0.367 e. The maximum atomic E-state index is 12.8. The molecule has 1 aliphatic heterocycles. The lowest BCUT2D eigenvalue weighted by Crippen LogP contribution is -2.43. The van der Waals surface area contributed by atoms with Crippen LogP contribution in [-0.4, -0.2) is 59.4 Å². The van der Waals surface area contributed by atoms with Crippen LogP contribution in [0.3, 0.4) is 0 Å². The van der Waals surface area contributed by atoms with E-state index in [1.165, 1.54) is 0 Å². The van der Waals surface area contributed by atoms with Crippen molar-refractivity contribution in [1.82, 2.24) is 20.2 Å². The molecule has 1 saturated heterocycles. The van der Waals surface area contributed by atoms with Crippen molar-refractivity contribution < 1.29 is 9.59 Å². The summed E-state index contributed by atoms with van der Waals surface area (Å²) in [6.45, 7) is 3.02. The van der Waals surface area contributed by atoms with Gasteiger partial charge in [-0.05, 0) is 44.1 Å². The molecular formula is C23H32N6O2S. The number of carbonyl (C=O) groups is 2. The Morgan fingerprint density at radius 1 is 1.22 bits per heavy atom. The van der Waals surface area contributed by atoms with Crippen LogP contribution in [0.1, 0.15) is 42.8 Å². The number of hydrogen-bond donors (Lipinski definition) is 2. The van der Waals surface area contributed by atoms with Gasteiger partial charge in [0.1, 0.15) is 17.5 Å². The van der Waals surface area contributed by atoms with Crippen molar-refractivity contribution in [3.8, 4) is 0 Å². The van der Waals surface area contributed by atoms with Gasteiger partial charge in [0.2, 0.25) is 11.8 Å². The molecule has 172 valence electrons. The van der Waals surface area contributed by atoms with E-state index in [1.54, 1.807) is 11.3 Å². The van der Waals surface area contributed by atoms with Crippen LogP contribution in [0, 0.1) is 12.8 Å². The molecule has 2 N–H and O–H groups in total. The van der Waals surface area contributed by atoms with Gasteiger partial charge < -0.3 is 20.4 Å². The minimum absolute atomic E-state index is 0.0190. The molecule has 0 spiro atoms. The van der Waals surface area contributed by atoms with Crippen LogP contribution in [0.2, 0.25) is 0 Å². The van der Waals surface area contributed by atoms with Crippen LogP contribution in [0.15, 0.2) is 23.6 Å². The lowest BCUT2D eigenvalue weighted by atomic mass is 9.90. The summed E-state index contributed by atoms with van der Waals surface area (Å²) >= 11 is 1.64. The Morgan fingerprint density at radius 3 is 2.66 bits per heavy atom. The fourth-order valence-electron chi connectivity index (χ4n) is 4.46. The van der Waals surface area contributed by atoms with Gasteiger partial charge in [0, 0.05) is 50.1 Å². The van der Waals surface area contributed by atoms with Crippen molar-refractivity contribution in [3.63, 3.8) is 0 Å². The van der Waals surface area contributed by atoms with E-state index in [9.17, 15) is 9.59 Å².